The molecule has 0 bridgehead atoms. The van der Waals surface area contributed by atoms with Crippen LogP contribution in [0.2, 0.25) is 0 Å². The number of rotatable bonds is 3. The second-order valence-corrected chi connectivity index (χ2v) is 7.87. The minimum atomic E-state index is -4.22. The summed E-state index contributed by atoms with van der Waals surface area (Å²) in [6.07, 6.45) is 0.964. The first-order valence-corrected chi connectivity index (χ1v) is 9.20. The number of aromatic nitrogens is 1. The van der Waals surface area contributed by atoms with Crippen LogP contribution in [0.5, 0.6) is 0 Å². The number of para-hydroxylation sites is 1. The zero-order chi connectivity index (χ0) is 19.1. The zero-order valence-electron chi connectivity index (χ0n) is 12.7. The van der Waals surface area contributed by atoms with Gasteiger partial charge in [-0.3, -0.25) is 10.1 Å². The van der Waals surface area contributed by atoms with Gasteiger partial charge in [0.1, 0.15) is 16.2 Å². The first-order valence-electron chi connectivity index (χ1n) is 6.93. The van der Waals surface area contributed by atoms with Crippen LogP contribution in [0.3, 0.4) is 0 Å². The van der Waals surface area contributed by atoms with Crippen LogP contribution in [-0.4, -0.2) is 18.3 Å². The molecule has 1 heterocycles. The molecule has 2 aromatic carbocycles. The lowest BCUT2D eigenvalue weighted by Crippen LogP contribution is -2.05. The Kier molecular flexibility index (Phi) is 4.43. The van der Waals surface area contributed by atoms with Gasteiger partial charge in [0, 0.05) is 22.1 Å². The molecule has 0 aliphatic carbocycles. The molecule has 3 aromatic rings. The SMILES string of the molecule is N#Cc1cc(F)cc(S(=O)(=O)c2cnc3c([N+](=O)[O-])cccc3c2Br)c1. The van der Waals surface area contributed by atoms with Crippen molar-refractivity contribution in [2.45, 2.75) is 9.79 Å². The number of nitro groups is 1. The Hall–Kier alpha value is -2.90. The molecule has 0 N–H and O–H groups in total. The Labute approximate surface area is 154 Å². The van der Waals surface area contributed by atoms with E-state index >= 15 is 0 Å². The molecule has 0 aliphatic heterocycles. The number of nitrogens with zero attached hydrogens (tertiary/aromatic N) is 3. The molecule has 26 heavy (non-hydrogen) atoms. The summed E-state index contributed by atoms with van der Waals surface area (Å²) in [4.78, 5) is 13.7. The van der Waals surface area contributed by atoms with E-state index in [1.807, 2.05) is 0 Å². The van der Waals surface area contributed by atoms with E-state index in [0.717, 1.165) is 24.4 Å². The fraction of sp³-hybridized carbons (Fsp3) is 0. The molecule has 0 amide bonds. The summed E-state index contributed by atoms with van der Waals surface area (Å²) in [7, 11) is -4.22. The zero-order valence-corrected chi connectivity index (χ0v) is 15.1. The summed E-state index contributed by atoms with van der Waals surface area (Å²) < 4.78 is 39.4. The lowest BCUT2D eigenvalue weighted by Gasteiger charge is -2.09. The molecule has 0 radical (unpaired) electrons. The number of fused-ring (bicyclic) bond motifs is 1. The van der Waals surface area contributed by atoms with Gasteiger partial charge in [-0.15, -0.1) is 0 Å². The molecule has 0 aliphatic rings. The molecule has 130 valence electrons. The third-order valence-electron chi connectivity index (χ3n) is 3.58. The second kappa shape index (κ2) is 6.44. The average Bonchev–Trinajstić information content (AvgIpc) is 2.60. The van der Waals surface area contributed by atoms with Crippen LogP contribution < -0.4 is 0 Å². The Balaban J connectivity index is 2.29. The van der Waals surface area contributed by atoms with Crippen molar-refractivity contribution in [2.24, 2.45) is 0 Å². The predicted octanol–water partition coefficient (Wildman–Crippen LogP) is 3.75. The van der Waals surface area contributed by atoms with E-state index in [-0.39, 0.29) is 31.5 Å². The van der Waals surface area contributed by atoms with E-state index in [0.29, 0.717) is 0 Å². The molecule has 0 saturated carbocycles. The number of hydrogen-bond donors (Lipinski definition) is 0. The highest BCUT2D eigenvalue weighted by Crippen LogP contribution is 2.35. The van der Waals surface area contributed by atoms with E-state index in [1.165, 1.54) is 18.2 Å². The molecule has 0 spiro atoms. The Morgan fingerprint density at radius 3 is 2.65 bits per heavy atom. The van der Waals surface area contributed by atoms with Crippen LogP contribution in [0.4, 0.5) is 10.1 Å². The Bertz CT molecular complexity index is 1220. The smallest absolute Gasteiger partial charge is 0.258 e. The maximum Gasteiger partial charge on any atom is 0.295 e. The first kappa shape index (κ1) is 17.9. The number of nitro benzene ring substituents is 1. The van der Waals surface area contributed by atoms with E-state index in [2.05, 4.69) is 20.9 Å². The van der Waals surface area contributed by atoms with E-state index < -0.39 is 25.5 Å². The quantitative estimate of drug-likeness (QED) is 0.457. The second-order valence-electron chi connectivity index (χ2n) is 5.16. The summed E-state index contributed by atoms with van der Waals surface area (Å²) >= 11 is 3.15. The van der Waals surface area contributed by atoms with Crippen molar-refractivity contribution in [2.75, 3.05) is 0 Å². The van der Waals surface area contributed by atoms with E-state index in [4.69, 9.17) is 5.26 Å². The van der Waals surface area contributed by atoms with Gasteiger partial charge < -0.3 is 0 Å². The minimum absolute atomic E-state index is 0.0141. The van der Waals surface area contributed by atoms with Crippen molar-refractivity contribution >= 4 is 42.4 Å². The molecular weight excluding hydrogens is 429 g/mol. The number of benzene rings is 2. The standard InChI is InChI=1S/C16H7BrFN3O4S/c17-15-12-2-1-3-13(21(22)23)16(12)20-8-14(15)26(24,25)11-5-9(7-19)4-10(18)6-11/h1-6,8H. The van der Waals surface area contributed by atoms with E-state index in [1.54, 1.807) is 6.07 Å². The fourth-order valence-electron chi connectivity index (χ4n) is 2.40. The van der Waals surface area contributed by atoms with Gasteiger partial charge in [0.15, 0.2) is 0 Å². The highest BCUT2D eigenvalue weighted by molar-refractivity contribution is 9.10. The lowest BCUT2D eigenvalue weighted by molar-refractivity contribution is -0.383. The highest BCUT2D eigenvalue weighted by atomic mass is 79.9. The predicted molar refractivity (Wildman–Crippen MR) is 92.7 cm³/mol. The van der Waals surface area contributed by atoms with Crippen LogP contribution in [-0.2, 0) is 9.84 Å². The number of non-ortho nitro benzene ring substituents is 1. The molecular formula is C16H7BrFN3O4S. The van der Waals surface area contributed by atoms with Crippen LogP contribution in [0.25, 0.3) is 10.9 Å². The molecule has 0 saturated heterocycles. The summed E-state index contributed by atoms with van der Waals surface area (Å²) in [6.45, 7) is 0. The van der Waals surface area contributed by atoms with Gasteiger partial charge in [-0.1, -0.05) is 12.1 Å². The molecule has 0 unspecified atom stereocenters. The number of sulfone groups is 1. The summed E-state index contributed by atoms with van der Waals surface area (Å²) in [5, 5.41) is 20.2. The van der Waals surface area contributed by atoms with E-state index in [9.17, 15) is 22.9 Å². The Morgan fingerprint density at radius 2 is 2.00 bits per heavy atom. The van der Waals surface area contributed by atoms with Gasteiger partial charge in [0.25, 0.3) is 5.69 Å². The Morgan fingerprint density at radius 1 is 1.27 bits per heavy atom. The van der Waals surface area contributed by atoms with Crippen LogP contribution in [0, 0.1) is 27.3 Å². The molecule has 3 rings (SSSR count). The molecule has 0 fully saturated rings. The number of nitriles is 1. The monoisotopic (exact) mass is 435 g/mol. The van der Waals surface area contributed by atoms with Gasteiger partial charge in [0.2, 0.25) is 9.84 Å². The largest absolute Gasteiger partial charge is 0.295 e. The van der Waals surface area contributed by atoms with Crippen molar-refractivity contribution in [3.05, 3.63) is 68.6 Å². The fourth-order valence-corrected chi connectivity index (χ4v) is 4.80. The normalized spacial score (nSPS) is 11.3. The lowest BCUT2D eigenvalue weighted by atomic mass is 10.2. The average molecular weight is 436 g/mol. The van der Waals surface area contributed by atoms with Gasteiger partial charge in [-0.25, -0.2) is 17.8 Å². The highest BCUT2D eigenvalue weighted by Gasteiger charge is 2.25. The van der Waals surface area contributed by atoms with Gasteiger partial charge in [-0.05, 0) is 34.1 Å². The van der Waals surface area contributed by atoms with Gasteiger partial charge in [-0.2, -0.15) is 5.26 Å². The van der Waals surface area contributed by atoms with Crippen molar-refractivity contribution in [3.8, 4) is 6.07 Å². The minimum Gasteiger partial charge on any atom is -0.258 e. The number of pyridine rings is 1. The summed E-state index contributed by atoms with van der Waals surface area (Å²) in [6, 6.07) is 8.57. The van der Waals surface area contributed by atoms with Crippen LogP contribution >= 0.6 is 15.9 Å². The molecule has 0 atom stereocenters. The third kappa shape index (κ3) is 2.91. The van der Waals surface area contributed by atoms with Gasteiger partial charge >= 0.3 is 0 Å². The topological polar surface area (TPSA) is 114 Å². The van der Waals surface area contributed by atoms with Gasteiger partial charge in [0.05, 0.1) is 21.5 Å². The molecule has 10 heteroatoms. The van der Waals surface area contributed by atoms with Crippen LogP contribution in [0.1, 0.15) is 5.56 Å². The van der Waals surface area contributed by atoms with Crippen LogP contribution in [0.15, 0.2) is 56.9 Å². The maximum absolute atomic E-state index is 13.6. The first-order chi connectivity index (χ1) is 12.3. The molecule has 7 nitrogen and oxygen atoms in total. The van der Waals surface area contributed by atoms with Crippen molar-refractivity contribution in [1.82, 2.24) is 4.98 Å². The summed E-state index contributed by atoms with van der Waals surface area (Å²) in [5.41, 5.74) is -0.408. The van der Waals surface area contributed by atoms with Crippen molar-refractivity contribution in [1.29, 1.82) is 5.26 Å². The van der Waals surface area contributed by atoms with Crippen molar-refractivity contribution < 1.29 is 17.7 Å². The molecule has 1 aromatic heterocycles. The van der Waals surface area contributed by atoms with Crippen molar-refractivity contribution in [3.63, 3.8) is 0 Å². The maximum atomic E-state index is 13.6. The number of hydrogen-bond acceptors (Lipinski definition) is 6. The summed E-state index contributed by atoms with van der Waals surface area (Å²) in [5.74, 6) is -0.872. The third-order valence-corrected chi connectivity index (χ3v) is 6.44. The number of halogens is 2.